The summed E-state index contributed by atoms with van der Waals surface area (Å²) in [6.07, 6.45) is 6.67. The number of pyridine rings is 1. The first-order valence-electron chi connectivity index (χ1n) is 9.21. The van der Waals surface area contributed by atoms with E-state index >= 15 is 0 Å². The van der Waals surface area contributed by atoms with Crippen LogP contribution in [-0.2, 0) is 7.05 Å². The van der Waals surface area contributed by atoms with Gasteiger partial charge in [0.2, 0.25) is 5.95 Å². The number of anilines is 2. The maximum Gasteiger partial charge on any atom is 0.262 e. The van der Waals surface area contributed by atoms with Gasteiger partial charge in [0.15, 0.2) is 0 Å². The highest BCUT2D eigenvalue weighted by Gasteiger charge is 2.21. The third-order valence-electron chi connectivity index (χ3n) is 5.27. The summed E-state index contributed by atoms with van der Waals surface area (Å²) in [6, 6.07) is 7.97. The summed E-state index contributed by atoms with van der Waals surface area (Å²) < 4.78 is 1.63. The van der Waals surface area contributed by atoms with E-state index in [0.29, 0.717) is 16.9 Å². The third kappa shape index (κ3) is 2.74. The van der Waals surface area contributed by atoms with Crippen molar-refractivity contribution >= 4 is 33.4 Å². The average Bonchev–Trinajstić information content (AvgIpc) is 2.76. The highest BCUT2D eigenvalue weighted by Crippen LogP contribution is 2.23. The van der Waals surface area contributed by atoms with E-state index in [9.17, 15) is 4.79 Å². The molecule has 0 N–H and O–H groups in total. The van der Waals surface area contributed by atoms with Crippen LogP contribution in [0.1, 0.15) is 0 Å². The fraction of sp³-hybridized carbons (Fsp3) is 0.250. The summed E-state index contributed by atoms with van der Waals surface area (Å²) in [7, 11) is 1.78. The molecule has 4 heterocycles. The number of hydrogen-bond donors (Lipinski definition) is 0. The Balaban J connectivity index is 1.40. The second kappa shape index (κ2) is 6.56. The second-order valence-electron chi connectivity index (χ2n) is 6.91. The number of aromatic nitrogens is 5. The molecule has 28 heavy (non-hydrogen) atoms. The van der Waals surface area contributed by atoms with Gasteiger partial charge in [0.1, 0.15) is 6.33 Å². The van der Waals surface area contributed by atoms with E-state index in [0.717, 1.165) is 42.8 Å². The van der Waals surface area contributed by atoms with Gasteiger partial charge in [-0.05, 0) is 24.3 Å². The van der Waals surface area contributed by atoms with Crippen LogP contribution in [0.15, 0.2) is 54.0 Å². The molecule has 0 amide bonds. The van der Waals surface area contributed by atoms with Gasteiger partial charge >= 0.3 is 0 Å². The normalized spacial score (nSPS) is 14.8. The first-order chi connectivity index (χ1) is 13.7. The number of fused-ring (bicyclic) bond motifs is 2. The van der Waals surface area contributed by atoms with Crippen LogP contribution in [0.4, 0.5) is 11.6 Å². The Morgan fingerprint density at radius 2 is 1.75 bits per heavy atom. The third-order valence-corrected chi connectivity index (χ3v) is 5.27. The van der Waals surface area contributed by atoms with Crippen molar-refractivity contribution in [1.29, 1.82) is 0 Å². The van der Waals surface area contributed by atoms with Gasteiger partial charge in [-0.25, -0.2) is 15.0 Å². The minimum atomic E-state index is -0.0423. The highest BCUT2D eigenvalue weighted by atomic mass is 16.1. The smallest absolute Gasteiger partial charge is 0.262 e. The molecule has 8 heteroatoms. The topological polar surface area (TPSA) is 80.0 Å². The number of benzene rings is 1. The van der Waals surface area contributed by atoms with Gasteiger partial charge in [0.05, 0.1) is 22.6 Å². The maximum atomic E-state index is 12.6. The Bertz CT molecular complexity index is 1230. The van der Waals surface area contributed by atoms with E-state index in [1.807, 2.05) is 12.3 Å². The number of piperazine rings is 1. The van der Waals surface area contributed by atoms with Crippen molar-refractivity contribution in [3.63, 3.8) is 0 Å². The molecule has 1 aromatic carbocycles. The number of nitrogens with zero attached hydrogens (tertiary/aromatic N) is 7. The molecule has 0 unspecified atom stereocenters. The summed E-state index contributed by atoms with van der Waals surface area (Å²) in [5.74, 6) is 0.692. The summed E-state index contributed by atoms with van der Waals surface area (Å²) >= 11 is 0. The maximum absolute atomic E-state index is 12.6. The van der Waals surface area contributed by atoms with Gasteiger partial charge in [0, 0.05) is 56.7 Å². The standard InChI is InChI=1S/C20H19N7O/c1-25-19(28)16-4-5-21-12-18(16)24-20(25)27-8-6-26(7-9-27)15-2-3-17-14(10-15)11-22-13-23-17/h2-5,10-13H,6-9H2,1H3. The van der Waals surface area contributed by atoms with E-state index in [1.165, 1.54) is 0 Å². The Labute approximate surface area is 161 Å². The molecule has 140 valence electrons. The summed E-state index contributed by atoms with van der Waals surface area (Å²) in [5, 5.41) is 1.63. The first kappa shape index (κ1) is 16.6. The Kier molecular flexibility index (Phi) is 3.89. The fourth-order valence-electron chi connectivity index (χ4n) is 3.73. The first-order valence-corrected chi connectivity index (χ1v) is 9.21. The molecular formula is C20H19N7O. The molecule has 0 radical (unpaired) electrons. The van der Waals surface area contributed by atoms with Crippen LogP contribution in [0.25, 0.3) is 21.8 Å². The van der Waals surface area contributed by atoms with Crippen molar-refractivity contribution in [3.8, 4) is 0 Å². The quantitative estimate of drug-likeness (QED) is 0.528. The molecule has 1 aliphatic heterocycles. The Hall–Kier alpha value is -3.55. The van der Waals surface area contributed by atoms with Gasteiger partial charge in [-0.2, -0.15) is 0 Å². The van der Waals surface area contributed by atoms with Crippen molar-refractivity contribution in [2.75, 3.05) is 36.0 Å². The van der Waals surface area contributed by atoms with E-state index in [4.69, 9.17) is 0 Å². The Morgan fingerprint density at radius 3 is 2.61 bits per heavy atom. The molecule has 8 nitrogen and oxygen atoms in total. The van der Waals surface area contributed by atoms with E-state index in [2.05, 4.69) is 41.9 Å². The largest absolute Gasteiger partial charge is 0.368 e. The minimum Gasteiger partial charge on any atom is -0.368 e. The average molecular weight is 373 g/mol. The minimum absolute atomic E-state index is 0.0423. The zero-order chi connectivity index (χ0) is 19.1. The van der Waals surface area contributed by atoms with E-state index < -0.39 is 0 Å². The van der Waals surface area contributed by atoms with E-state index in [1.54, 1.807) is 36.4 Å². The molecule has 0 aliphatic carbocycles. The van der Waals surface area contributed by atoms with Crippen molar-refractivity contribution in [2.45, 2.75) is 0 Å². The summed E-state index contributed by atoms with van der Waals surface area (Å²) in [4.78, 5) is 34.3. The summed E-state index contributed by atoms with van der Waals surface area (Å²) in [6.45, 7) is 3.27. The lowest BCUT2D eigenvalue weighted by Crippen LogP contribution is -2.48. The van der Waals surface area contributed by atoms with Crippen LogP contribution in [0.5, 0.6) is 0 Å². The lowest BCUT2D eigenvalue weighted by molar-refractivity contribution is 0.623. The van der Waals surface area contributed by atoms with Crippen LogP contribution in [0.3, 0.4) is 0 Å². The van der Waals surface area contributed by atoms with E-state index in [-0.39, 0.29) is 5.56 Å². The van der Waals surface area contributed by atoms with Crippen molar-refractivity contribution in [3.05, 3.63) is 59.5 Å². The van der Waals surface area contributed by atoms with Crippen LogP contribution < -0.4 is 15.4 Å². The van der Waals surface area contributed by atoms with Crippen LogP contribution in [-0.4, -0.2) is 50.7 Å². The molecule has 3 aromatic heterocycles. The zero-order valence-corrected chi connectivity index (χ0v) is 15.5. The molecule has 1 aliphatic rings. The van der Waals surface area contributed by atoms with Gasteiger partial charge < -0.3 is 9.80 Å². The molecule has 5 rings (SSSR count). The van der Waals surface area contributed by atoms with Crippen LogP contribution in [0.2, 0.25) is 0 Å². The zero-order valence-electron chi connectivity index (χ0n) is 15.5. The van der Waals surface area contributed by atoms with Crippen LogP contribution in [0, 0.1) is 0 Å². The van der Waals surface area contributed by atoms with Crippen molar-refractivity contribution in [2.24, 2.45) is 7.05 Å². The van der Waals surface area contributed by atoms with Crippen molar-refractivity contribution < 1.29 is 0 Å². The van der Waals surface area contributed by atoms with Gasteiger partial charge in [0.25, 0.3) is 5.56 Å². The number of hydrogen-bond acceptors (Lipinski definition) is 7. The van der Waals surface area contributed by atoms with Gasteiger partial charge in [-0.15, -0.1) is 0 Å². The fourth-order valence-corrected chi connectivity index (χ4v) is 3.73. The van der Waals surface area contributed by atoms with Gasteiger partial charge in [-0.3, -0.25) is 14.3 Å². The molecule has 1 saturated heterocycles. The predicted molar refractivity (Wildman–Crippen MR) is 109 cm³/mol. The van der Waals surface area contributed by atoms with Crippen LogP contribution >= 0.6 is 0 Å². The molecule has 0 atom stereocenters. The molecule has 0 spiro atoms. The lowest BCUT2D eigenvalue weighted by atomic mass is 10.2. The monoisotopic (exact) mass is 373 g/mol. The molecular weight excluding hydrogens is 354 g/mol. The lowest BCUT2D eigenvalue weighted by Gasteiger charge is -2.37. The molecule has 1 fully saturated rings. The Morgan fingerprint density at radius 1 is 0.929 bits per heavy atom. The van der Waals surface area contributed by atoms with Gasteiger partial charge in [-0.1, -0.05) is 0 Å². The predicted octanol–water partition coefficient (Wildman–Crippen LogP) is 1.60. The molecule has 0 saturated carbocycles. The SMILES string of the molecule is Cn1c(N2CCN(c3ccc4ncncc4c3)CC2)nc2cnccc2c1=O. The number of rotatable bonds is 2. The summed E-state index contributed by atoms with van der Waals surface area (Å²) in [5.41, 5.74) is 2.70. The molecule has 4 aromatic rings. The second-order valence-corrected chi connectivity index (χ2v) is 6.91. The highest BCUT2D eigenvalue weighted by molar-refractivity contribution is 5.81. The molecule has 0 bridgehead atoms. The van der Waals surface area contributed by atoms with Crippen molar-refractivity contribution in [1.82, 2.24) is 24.5 Å².